The molecule has 3 saturated carbocycles. The van der Waals surface area contributed by atoms with E-state index in [1.165, 1.54) is 41.3 Å². The summed E-state index contributed by atoms with van der Waals surface area (Å²) >= 11 is 2.65. The van der Waals surface area contributed by atoms with E-state index in [0.29, 0.717) is 22.2 Å². The van der Waals surface area contributed by atoms with Crippen molar-refractivity contribution >= 4 is 40.6 Å². The van der Waals surface area contributed by atoms with Crippen LogP contribution in [-0.4, -0.2) is 56.6 Å². The first-order chi connectivity index (χ1) is 19.8. The zero-order valence-electron chi connectivity index (χ0n) is 22.5. The molecule has 3 fully saturated rings. The molecular weight excluding hydrogens is 567 g/mol. The number of rotatable bonds is 6. The Kier molecular flexibility index (Phi) is 6.16. The lowest BCUT2D eigenvalue weighted by Gasteiger charge is -2.30. The Hall–Kier alpha value is -2.63. The van der Waals surface area contributed by atoms with E-state index < -0.39 is 11.7 Å². The molecule has 11 heteroatoms. The predicted molar refractivity (Wildman–Crippen MR) is 154 cm³/mol. The Balaban J connectivity index is 1.15. The fourth-order valence-corrected chi connectivity index (χ4v) is 8.48. The maximum Gasteiger partial charge on any atom is 0.420 e. The van der Waals surface area contributed by atoms with E-state index in [1.54, 1.807) is 6.07 Å². The van der Waals surface area contributed by atoms with Gasteiger partial charge in [-0.1, -0.05) is 6.07 Å². The van der Waals surface area contributed by atoms with Gasteiger partial charge in [0.25, 0.3) is 5.91 Å². The number of carbonyl (C=O) groups excluding carboxylic acids is 1. The molecule has 41 heavy (non-hydrogen) atoms. The number of thiophene rings is 1. The minimum atomic E-state index is -4.62. The number of amides is 1. The topological polar surface area (TPSA) is 61.4 Å². The third-order valence-corrected chi connectivity index (χ3v) is 11.1. The first-order valence-corrected chi connectivity index (χ1v) is 16.3. The van der Waals surface area contributed by atoms with Crippen LogP contribution in [0.15, 0.2) is 29.3 Å². The predicted octanol–water partition coefficient (Wildman–Crippen LogP) is 7.08. The molecule has 0 atom stereocenters. The minimum absolute atomic E-state index is 0.0758. The molecule has 8 rings (SSSR count). The molecule has 0 radical (unpaired) electrons. The number of benzene rings is 1. The normalized spacial score (nSPS) is 21.4. The molecule has 4 heterocycles. The minimum Gasteiger partial charge on any atom is -0.334 e. The van der Waals surface area contributed by atoms with E-state index in [2.05, 4.69) is 32.3 Å². The van der Waals surface area contributed by atoms with Crippen LogP contribution >= 0.6 is 23.1 Å². The van der Waals surface area contributed by atoms with Gasteiger partial charge >= 0.3 is 6.18 Å². The fraction of sp³-hybridized carbons (Fsp3) is 0.500. The van der Waals surface area contributed by atoms with Crippen molar-refractivity contribution in [1.29, 1.82) is 0 Å². The standard InChI is InChI=1S/C30H30F3N5OS2/c31-30(32,33)22-14-34-29(36-26(22)24-13-25-27(41-24)28(39)38(9-10-40-25)20-5-6-20)35-23-12-17-7-8-37(19-3-4-19)15-18(17)11-21(23)16-1-2-16/h11-14,16,19-20H,1-10,15H2,(H,34,35,36). The quantitative estimate of drug-likeness (QED) is 0.328. The molecular formula is C30H30F3N5OS2. The van der Waals surface area contributed by atoms with Crippen LogP contribution in [0.25, 0.3) is 10.6 Å². The first-order valence-electron chi connectivity index (χ1n) is 14.5. The van der Waals surface area contributed by atoms with Gasteiger partial charge in [0.1, 0.15) is 10.4 Å². The van der Waals surface area contributed by atoms with Gasteiger partial charge in [-0.25, -0.2) is 9.97 Å². The SMILES string of the molecule is O=C1c2sc(-c3nc(Nc4cc5c(cc4C4CC4)CN(C4CC4)CC5)ncc3C(F)(F)F)cc2SCCN1C1CC1. The van der Waals surface area contributed by atoms with Crippen LogP contribution in [0, 0.1) is 0 Å². The molecule has 2 aliphatic heterocycles. The lowest BCUT2D eigenvalue weighted by molar-refractivity contribution is -0.137. The first kappa shape index (κ1) is 26.0. The summed E-state index contributed by atoms with van der Waals surface area (Å²) in [6.07, 6.45) is 4.02. The molecule has 5 aliphatic rings. The number of carbonyl (C=O) groups is 1. The molecule has 0 unspecified atom stereocenters. The molecule has 0 saturated heterocycles. The van der Waals surface area contributed by atoms with Crippen LogP contribution in [0.1, 0.15) is 76.4 Å². The smallest absolute Gasteiger partial charge is 0.334 e. The fourth-order valence-electron chi connectivity index (χ4n) is 6.17. The number of thioether (sulfide) groups is 1. The molecule has 1 amide bonds. The second kappa shape index (κ2) is 9.70. The zero-order chi connectivity index (χ0) is 27.9. The number of anilines is 2. The van der Waals surface area contributed by atoms with E-state index in [9.17, 15) is 18.0 Å². The van der Waals surface area contributed by atoms with Gasteiger partial charge in [0.15, 0.2) is 0 Å². The summed E-state index contributed by atoms with van der Waals surface area (Å²) < 4.78 is 42.5. The van der Waals surface area contributed by atoms with Crippen LogP contribution in [0.3, 0.4) is 0 Å². The van der Waals surface area contributed by atoms with Crippen molar-refractivity contribution in [3.63, 3.8) is 0 Å². The van der Waals surface area contributed by atoms with Crippen LogP contribution in [-0.2, 0) is 19.1 Å². The number of nitrogens with one attached hydrogen (secondary N) is 1. The second-order valence-corrected chi connectivity index (χ2v) is 14.1. The summed E-state index contributed by atoms with van der Waals surface area (Å²) in [6, 6.07) is 7.17. The van der Waals surface area contributed by atoms with Gasteiger partial charge in [-0.2, -0.15) is 13.2 Å². The number of nitrogens with zero attached hydrogens (tertiary/aromatic N) is 4. The van der Waals surface area contributed by atoms with Crippen molar-refractivity contribution in [3.05, 3.63) is 51.5 Å². The highest BCUT2D eigenvalue weighted by Gasteiger charge is 2.39. The van der Waals surface area contributed by atoms with E-state index >= 15 is 0 Å². The van der Waals surface area contributed by atoms with E-state index in [-0.39, 0.29) is 23.6 Å². The summed E-state index contributed by atoms with van der Waals surface area (Å²) in [5.41, 5.74) is 3.70. The molecule has 6 nitrogen and oxygen atoms in total. The van der Waals surface area contributed by atoms with Crippen molar-refractivity contribution in [1.82, 2.24) is 19.8 Å². The Morgan fingerprint density at radius 2 is 1.78 bits per heavy atom. The highest BCUT2D eigenvalue weighted by atomic mass is 32.2. The van der Waals surface area contributed by atoms with Gasteiger partial charge in [0, 0.05) is 54.3 Å². The maximum absolute atomic E-state index is 14.2. The van der Waals surface area contributed by atoms with Gasteiger partial charge in [-0.15, -0.1) is 23.1 Å². The molecule has 0 bridgehead atoms. The van der Waals surface area contributed by atoms with Crippen molar-refractivity contribution in [2.45, 2.75) is 80.6 Å². The van der Waals surface area contributed by atoms with Crippen LogP contribution in [0.2, 0.25) is 0 Å². The molecule has 1 aromatic carbocycles. The van der Waals surface area contributed by atoms with Crippen LogP contribution in [0.5, 0.6) is 0 Å². The number of fused-ring (bicyclic) bond motifs is 2. The van der Waals surface area contributed by atoms with Crippen molar-refractivity contribution in [2.75, 3.05) is 24.2 Å². The van der Waals surface area contributed by atoms with Gasteiger partial charge in [-0.3, -0.25) is 9.69 Å². The van der Waals surface area contributed by atoms with E-state index in [0.717, 1.165) is 85.1 Å². The van der Waals surface area contributed by atoms with Crippen LogP contribution in [0.4, 0.5) is 24.8 Å². The van der Waals surface area contributed by atoms with Crippen molar-refractivity contribution in [2.24, 2.45) is 0 Å². The third-order valence-electron chi connectivity index (χ3n) is 8.80. The van der Waals surface area contributed by atoms with Crippen molar-refractivity contribution in [3.8, 4) is 10.6 Å². The number of hydrogen-bond donors (Lipinski definition) is 1. The number of aromatic nitrogens is 2. The molecule has 214 valence electrons. The third kappa shape index (κ3) is 5.03. The highest BCUT2D eigenvalue weighted by molar-refractivity contribution is 7.99. The number of alkyl halides is 3. The van der Waals surface area contributed by atoms with Gasteiger partial charge in [0.05, 0.1) is 10.6 Å². The summed E-state index contributed by atoms with van der Waals surface area (Å²) in [6.45, 7) is 2.68. The number of halogens is 3. The maximum atomic E-state index is 14.2. The van der Waals surface area contributed by atoms with E-state index in [4.69, 9.17) is 0 Å². The Morgan fingerprint density at radius 3 is 2.51 bits per heavy atom. The molecule has 3 aliphatic carbocycles. The van der Waals surface area contributed by atoms with Gasteiger partial charge in [-0.05, 0) is 79.7 Å². The summed E-state index contributed by atoms with van der Waals surface area (Å²) in [5.74, 6) is 1.26. The lowest BCUT2D eigenvalue weighted by atomic mass is 9.94. The van der Waals surface area contributed by atoms with Gasteiger partial charge < -0.3 is 10.2 Å². The number of hydrogen-bond acceptors (Lipinski definition) is 7. The average molecular weight is 598 g/mol. The highest BCUT2D eigenvalue weighted by Crippen LogP contribution is 2.47. The zero-order valence-corrected chi connectivity index (χ0v) is 24.1. The molecule has 3 aromatic rings. The summed E-state index contributed by atoms with van der Waals surface area (Å²) in [7, 11) is 0. The Labute approximate surface area is 244 Å². The monoisotopic (exact) mass is 597 g/mol. The average Bonchev–Trinajstić information content (AvgIpc) is 3.78. The van der Waals surface area contributed by atoms with Crippen molar-refractivity contribution < 1.29 is 18.0 Å². The Bertz CT molecular complexity index is 1540. The van der Waals surface area contributed by atoms with Crippen LogP contribution < -0.4 is 5.32 Å². The second-order valence-electron chi connectivity index (χ2n) is 11.9. The van der Waals surface area contributed by atoms with E-state index in [1.807, 2.05) is 4.90 Å². The largest absolute Gasteiger partial charge is 0.420 e. The lowest BCUT2D eigenvalue weighted by Crippen LogP contribution is -2.33. The summed E-state index contributed by atoms with van der Waals surface area (Å²) in [4.78, 5) is 28.0. The molecule has 1 N–H and O–H groups in total. The Morgan fingerprint density at radius 1 is 0.976 bits per heavy atom. The van der Waals surface area contributed by atoms with Gasteiger partial charge in [0.2, 0.25) is 5.95 Å². The molecule has 2 aromatic heterocycles. The molecule has 0 spiro atoms. The summed E-state index contributed by atoms with van der Waals surface area (Å²) in [5, 5.41) is 3.31.